The maximum absolute atomic E-state index is 10.7. The summed E-state index contributed by atoms with van der Waals surface area (Å²) >= 11 is 0.555. The van der Waals surface area contributed by atoms with Gasteiger partial charge in [0.2, 0.25) is 0 Å². The van der Waals surface area contributed by atoms with Gasteiger partial charge in [0.15, 0.2) is 0 Å². The minimum Gasteiger partial charge on any atom is -0.480 e. The molecule has 0 heterocycles. The molecule has 1 atom stereocenters. The van der Waals surface area contributed by atoms with Gasteiger partial charge in [-0.3, -0.25) is 19.7 Å². The zero-order valence-corrected chi connectivity index (χ0v) is 7.32. The standard InChI is InChI=1S/C5H8N2O5S/c6-3(5(9)10)2-13-4(8)1-7(11)12/h3H,1-2,6H2,(H,9,10)/t3-/m0/s1. The normalized spacial score (nSPS) is 12.1. The Morgan fingerprint density at radius 2 is 2.15 bits per heavy atom. The Morgan fingerprint density at radius 3 is 2.54 bits per heavy atom. The maximum atomic E-state index is 10.7. The molecule has 8 heteroatoms. The average molecular weight is 208 g/mol. The minimum absolute atomic E-state index is 0.151. The molecule has 13 heavy (non-hydrogen) atoms. The number of nitrogens with zero attached hydrogens (tertiary/aromatic N) is 1. The first-order valence-corrected chi connectivity index (χ1v) is 4.18. The second kappa shape index (κ2) is 5.49. The van der Waals surface area contributed by atoms with Crippen molar-refractivity contribution in [1.29, 1.82) is 0 Å². The van der Waals surface area contributed by atoms with Gasteiger partial charge in [0.05, 0.1) is 0 Å². The van der Waals surface area contributed by atoms with Crippen LogP contribution in [0.4, 0.5) is 0 Å². The van der Waals surface area contributed by atoms with E-state index >= 15 is 0 Å². The first-order chi connectivity index (χ1) is 5.93. The molecule has 0 amide bonds. The summed E-state index contributed by atoms with van der Waals surface area (Å²) in [6, 6.07) is -1.17. The Bertz CT molecular complexity index is 231. The summed E-state index contributed by atoms with van der Waals surface area (Å²) in [5.74, 6) is -1.39. The molecule has 0 aromatic rings. The van der Waals surface area contributed by atoms with Gasteiger partial charge in [-0.15, -0.1) is 0 Å². The molecule has 0 saturated heterocycles. The number of nitro groups is 1. The number of aliphatic carboxylic acids is 1. The van der Waals surface area contributed by atoms with E-state index in [0.717, 1.165) is 0 Å². The van der Waals surface area contributed by atoms with Crippen LogP contribution in [0.15, 0.2) is 0 Å². The second-order valence-corrected chi connectivity index (χ2v) is 3.20. The van der Waals surface area contributed by atoms with Gasteiger partial charge in [-0.05, 0) is 0 Å². The highest BCUT2D eigenvalue weighted by Crippen LogP contribution is 2.03. The third kappa shape index (κ3) is 6.05. The summed E-state index contributed by atoms with van der Waals surface area (Å²) in [6.45, 7) is -0.809. The van der Waals surface area contributed by atoms with Gasteiger partial charge in [0.25, 0.3) is 11.7 Å². The van der Waals surface area contributed by atoms with Crippen molar-refractivity contribution >= 4 is 22.8 Å². The van der Waals surface area contributed by atoms with E-state index in [4.69, 9.17) is 10.8 Å². The van der Waals surface area contributed by atoms with Crippen LogP contribution in [0.3, 0.4) is 0 Å². The molecule has 0 unspecified atom stereocenters. The summed E-state index contributed by atoms with van der Waals surface area (Å²) in [6.07, 6.45) is 0. The van der Waals surface area contributed by atoms with Gasteiger partial charge in [-0.2, -0.15) is 0 Å². The number of nitrogens with two attached hydrogens (primary N) is 1. The van der Waals surface area contributed by atoms with Crippen LogP contribution in [0.1, 0.15) is 0 Å². The fourth-order valence-electron chi connectivity index (χ4n) is 0.405. The topological polar surface area (TPSA) is 124 Å². The average Bonchev–Trinajstić information content (AvgIpc) is 1.98. The molecule has 0 fully saturated rings. The second-order valence-electron chi connectivity index (χ2n) is 2.12. The molecule has 0 spiro atoms. The lowest BCUT2D eigenvalue weighted by molar-refractivity contribution is -0.466. The fraction of sp³-hybridized carbons (Fsp3) is 0.600. The maximum Gasteiger partial charge on any atom is 0.321 e. The van der Waals surface area contributed by atoms with Gasteiger partial charge in [-0.25, -0.2) is 0 Å². The first kappa shape index (κ1) is 11.8. The number of hydrogen-bond donors (Lipinski definition) is 2. The Kier molecular flexibility index (Phi) is 5.00. The number of rotatable bonds is 5. The summed E-state index contributed by atoms with van der Waals surface area (Å²) in [5, 5.41) is 17.4. The summed E-state index contributed by atoms with van der Waals surface area (Å²) in [7, 11) is 0. The van der Waals surface area contributed by atoms with E-state index in [1.54, 1.807) is 0 Å². The molecule has 0 radical (unpaired) electrons. The number of hydrogen-bond acceptors (Lipinski definition) is 6. The number of carboxylic acids is 1. The van der Waals surface area contributed by atoms with Crippen LogP contribution in [0, 0.1) is 10.1 Å². The quantitative estimate of drug-likeness (QED) is 0.435. The van der Waals surface area contributed by atoms with Crippen molar-refractivity contribution < 1.29 is 19.6 Å². The van der Waals surface area contributed by atoms with Crippen LogP contribution >= 0.6 is 11.8 Å². The summed E-state index contributed by atoms with van der Waals surface area (Å²) in [4.78, 5) is 29.8. The SMILES string of the molecule is N[C@@H](CSC(=O)C[N+](=O)[O-])C(=O)O. The minimum atomic E-state index is -1.23. The van der Waals surface area contributed by atoms with Crippen LogP contribution in [0.2, 0.25) is 0 Å². The molecule has 0 aliphatic rings. The lowest BCUT2D eigenvalue weighted by Gasteiger charge is -2.02. The highest BCUT2D eigenvalue weighted by molar-refractivity contribution is 8.13. The monoisotopic (exact) mass is 208 g/mol. The Balaban J connectivity index is 3.70. The van der Waals surface area contributed by atoms with Crippen LogP contribution < -0.4 is 5.73 Å². The van der Waals surface area contributed by atoms with E-state index < -0.39 is 28.6 Å². The highest BCUT2D eigenvalue weighted by atomic mass is 32.2. The van der Waals surface area contributed by atoms with Crippen molar-refractivity contribution in [2.24, 2.45) is 5.73 Å². The lowest BCUT2D eigenvalue weighted by atomic mass is 10.4. The molecule has 0 bridgehead atoms. The van der Waals surface area contributed by atoms with Gasteiger partial charge in [-0.1, -0.05) is 11.8 Å². The van der Waals surface area contributed by atoms with E-state index in [1.807, 2.05) is 0 Å². The molecular formula is C5H8N2O5S. The largest absolute Gasteiger partial charge is 0.480 e. The Hall–Kier alpha value is -1.15. The van der Waals surface area contributed by atoms with Crippen molar-refractivity contribution in [2.45, 2.75) is 6.04 Å². The van der Waals surface area contributed by atoms with E-state index in [1.165, 1.54) is 0 Å². The highest BCUT2D eigenvalue weighted by Gasteiger charge is 2.16. The summed E-state index contributed by atoms with van der Waals surface area (Å²) in [5.41, 5.74) is 5.05. The third-order valence-electron chi connectivity index (χ3n) is 0.999. The first-order valence-electron chi connectivity index (χ1n) is 3.19. The van der Waals surface area contributed by atoms with Gasteiger partial charge < -0.3 is 10.8 Å². The lowest BCUT2D eigenvalue weighted by Crippen LogP contribution is -2.33. The van der Waals surface area contributed by atoms with Gasteiger partial charge in [0, 0.05) is 10.7 Å². The fourth-order valence-corrected chi connectivity index (χ4v) is 1.11. The van der Waals surface area contributed by atoms with Gasteiger partial charge >= 0.3 is 5.97 Å². The molecule has 0 rings (SSSR count). The van der Waals surface area contributed by atoms with E-state index in [-0.39, 0.29) is 5.75 Å². The van der Waals surface area contributed by atoms with Crippen LogP contribution in [0.5, 0.6) is 0 Å². The predicted octanol–water partition coefficient (Wildman–Crippen LogP) is -1.07. The van der Waals surface area contributed by atoms with Crippen molar-refractivity contribution in [1.82, 2.24) is 0 Å². The molecule has 0 aromatic heterocycles. The van der Waals surface area contributed by atoms with Crippen molar-refractivity contribution in [3.05, 3.63) is 10.1 Å². The van der Waals surface area contributed by atoms with Crippen molar-refractivity contribution in [3.63, 3.8) is 0 Å². The van der Waals surface area contributed by atoms with Crippen molar-refractivity contribution in [3.8, 4) is 0 Å². The van der Waals surface area contributed by atoms with Gasteiger partial charge in [0.1, 0.15) is 6.04 Å². The molecule has 0 aliphatic heterocycles. The molecule has 7 nitrogen and oxygen atoms in total. The smallest absolute Gasteiger partial charge is 0.321 e. The van der Waals surface area contributed by atoms with E-state index in [2.05, 4.69) is 0 Å². The predicted molar refractivity (Wildman–Crippen MR) is 44.9 cm³/mol. The number of thioether (sulfide) groups is 1. The van der Waals surface area contributed by atoms with Crippen LogP contribution in [-0.4, -0.2) is 39.5 Å². The molecule has 0 aliphatic carbocycles. The van der Waals surface area contributed by atoms with Crippen LogP contribution in [-0.2, 0) is 9.59 Å². The third-order valence-corrected chi connectivity index (χ3v) is 1.98. The Morgan fingerprint density at radius 1 is 1.62 bits per heavy atom. The number of carbonyl (C=O) groups is 2. The Labute approximate surface area is 77.4 Å². The van der Waals surface area contributed by atoms with Crippen molar-refractivity contribution in [2.75, 3.05) is 12.3 Å². The summed E-state index contributed by atoms with van der Waals surface area (Å²) < 4.78 is 0. The van der Waals surface area contributed by atoms with Crippen LogP contribution in [0.25, 0.3) is 0 Å². The molecule has 74 valence electrons. The molecule has 0 aromatic carbocycles. The number of carboxylic acid groups (broad SMARTS) is 1. The van der Waals surface area contributed by atoms with E-state index in [9.17, 15) is 19.7 Å². The zero-order valence-electron chi connectivity index (χ0n) is 6.50. The molecule has 3 N–H and O–H groups in total. The molecule has 0 saturated carbocycles. The zero-order chi connectivity index (χ0) is 10.4. The molecular weight excluding hydrogens is 200 g/mol. The number of carbonyl (C=O) groups excluding carboxylic acids is 1. The van der Waals surface area contributed by atoms with E-state index in [0.29, 0.717) is 11.8 Å².